The van der Waals surface area contributed by atoms with Crippen LogP contribution in [-0.4, -0.2) is 22.7 Å². The molecule has 0 aliphatic rings. The summed E-state index contributed by atoms with van der Waals surface area (Å²) in [5.41, 5.74) is 2.17. The number of benzene rings is 2. The molecule has 4 heteroatoms. The molecule has 104 valence electrons. The second-order valence-electron chi connectivity index (χ2n) is 4.47. The molecule has 4 nitrogen and oxygen atoms in total. The normalized spacial score (nSPS) is 11.9. The van der Waals surface area contributed by atoms with Crippen molar-refractivity contribution in [2.24, 2.45) is 0 Å². The van der Waals surface area contributed by atoms with Gasteiger partial charge in [0, 0.05) is 12.3 Å². The summed E-state index contributed by atoms with van der Waals surface area (Å²) in [6.45, 7) is 0.0957. The van der Waals surface area contributed by atoms with Gasteiger partial charge in [-0.1, -0.05) is 42.5 Å². The van der Waals surface area contributed by atoms with E-state index in [9.17, 15) is 9.90 Å². The average molecular weight is 271 g/mol. The van der Waals surface area contributed by atoms with Crippen LogP contribution in [-0.2, 0) is 11.2 Å². The Morgan fingerprint density at radius 3 is 2.30 bits per heavy atom. The molecule has 2 aromatic rings. The smallest absolute Gasteiger partial charge is 0.257 e. The molecule has 0 radical (unpaired) electrons. The number of anilines is 1. The van der Waals surface area contributed by atoms with E-state index in [4.69, 9.17) is 5.11 Å². The fourth-order valence-corrected chi connectivity index (χ4v) is 1.88. The molecule has 0 bridgehead atoms. The van der Waals surface area contributed by atoms with Crippen LogP contribution in [0.4, 0.5) is 5.69 Å². The predicted molar refractivity (Wildman–Crippen MR) is 77.3 cm³/mol. The number of aliphatic hydroxyl groups is 2. The molecule has 3 N–H and O–H groups in total. The van der Waals surface area contributed by atoms with Gasteiger partial charge in [0.05, 0.1) is 0 Å². The first-order valence-corrected chi connectivity index (χ1v) is 6.44. The van der Waals surface area contributed by atoms with Crippen molar-refractivity contribution in [3.05, 3.63) is 65.7 Å². The van der Waals surface area contributed by atoms with Crippen molar-refractivity contribution in [3.8, 4) is 0 Å². The minimum absolute atomic E-state index is 0.0957. The highest BCUT2D eigenvalue weighted by atomic mass is 16.3. The van der Waals surface area contributed by atoms with E-state index in [1.54, 1.807) is 36.4 Å². The topological polar surface area (TPSA) is 69.6 Å². The summed E-state index contributed by atoms with van der Waals surface area (Å²) in [6.07, 6.45) is -0.603. The first-order valence-electron chi connectivity index (χ1n) is 6.44. The molecular weight excluding hydrogens is 254 g/mol. The zero-order chi connectivity index (χ0) is 14.4. The Bertz CT molecular complexity index is 552. The van der Waals surface area contributed by atoms with E-state index in [-0.39, 0.29) is 6.61 Å². The highest BCUT2D eigenvalue weighted by Crippen LogP contribution is 2.16. The summed E-state index contributed by atoms with van der Waals surface area (Å²) >= 11 is 0. The summed E-state index contributed by atoms with van der Waals surface area (Å²) in [6, 6.07) is 15.9. The lowest BCUT2D eigenvalue weighted by atomic mass is 10.1. The molecule has 1 unspecified atom stereocenters. The molecule has 1 amide bonds. The van der Waals surface area contributed by atoms with Crippen LogP contribution < -0.4 is 5.32 Å². The summed E-state index contributed by atoms with van der Waals surface area (Å²) in [4.78, 5) is 11.9. The van der Waals surface area contributed by atoms with E-state index in [0.29, 0.717) is 17.7 Å². The Hall–Kier alpha value is -2.17. The molecule has 0 saturated heterocycles. The summed E-state index contributed by atoms with van der Waals surface area (Å²) < 4.78 is 0. The van der Waals surface area contributed by atoms with Crippen molar-refractivity contribution in [1.82, 2.24) is 0 Å². The third kappa shape index (κ3) is 3.66. The lowest BCUT2D eigenvalue weighted by Crippen LogP contribution is -2.20. The van der Waals surface area contributed by atoms with Crippen LogP contribution in [0.3, 0.4) is 0 Å². The van der Waals surface area contributed by atoms with E-state index in [1.165, 1.54) is 0 Å². The number of amides is 1. The van der Waals surface area contributed by atoms with E-state index in [2.05, 4.69) is 5.32 Å². The summed E-state index contributed by atoms with van der Waals surface area (Å²) in [5, 5.41) is 21.4. The van der Waals surface area contributed by atoms with Crippen LogP contribution in [0.15, 0.2) is 54.6 Å². The molecule has 0 saturated carbocycles. The largest absolute Gasteiger partial charge is 0.396 e. The molecule has 0 aromatic heterocycles. The minimum atomic E-state index is -1.19. The van der Waals surface area contributed by atoms with Gasteiger partial charge in [-0.15, -0.1) is 0 Å². The summed E-state index contributed by atoms with van der Waals surface area (Å²) in [7, 11) is 0. The van der Waals surface area contributed by atoms with Crippen LogP contribution in [0.25, 0.3) is 0 Å². The second kappa shape index (κ2) is 6.84. The first-order chi connectivity index (χ1) is 9.70. The van der Waals surface area contributed by atoms with Gasteiger partial charge in [0.2, 0.25) is 0 Å². The van der Waals surface area contributed by atoms with Crippen molar-refractivity contribution < 1.29 is 15.0 Å². The molecule has 20 heavy (non-hydrogen) atoms. The number of aliphatic hydroxyl groups excluding tert-OH is 2. The van der Waals surface area contributed by atoms with Crippen LogP contribution in [0, 0.1) is 0 Å². The fraction of sp³-hybridized carbons (Fsp3) is 0.188. The Morgan fingerprint density at radius 2 is 1.70 bits per heavy atom. The number of hydrogen-bond donors (Lipinski definition) is 3. The molecule has 1 atom stereocenters. The number of nitrogens with one attached hydrogen (secondary N) is 1. The van der Waals surface area contributed by atoms with Gasteiger partial charge < -0.3 is 15.5 Å². The van der Waals surface area contributed by atoms with Crippen molar-refractivity contribution in [2.75, 3.05) is 11.9 Å². The van der Waals surface area contributed by atoms with Gasteiger partial charge in [-0.2, -0.15) is 0 Å². The van der Waals surface area contributed by atoms with E-state index < -0.39 is 12.0 Å². The second-order valence-corrected chi connectivity index (χ2v) is 4.47. The Balaban J connectivity index is 2.00. The lowest BCUT2D eigenvalue weighted by molar-refractivity contribution is -0.124. The molecule has 0 spiro atoms. The number of rotatable bonds is 5. The zero-order valence-electron chi connectivity index (χ0n) is 11.0. The molecule has 2 aromatic carbocycles. The zero-order valence-corrected chi connectivity index (χ0v) is 11.0. The van der Waals surface area contributed by atoms with Crippen LogP contribution in [0.1, 0.15) is 17.2 Å². The third-order valence-corrected chi connectivity index (χ3v) is 2.99. The highest BCUT2D eigenvalue weighted by Gasteiger charge is 2.16. The van der Waals surface area contributed by atoms with Crippen LogP contribution in [0.5, 0.6) is 0 Å². The number of carbonyl (C=O) groups is 1. The maximum absolute atomic E-state index is 11.9. The van der Waals surface area contributed by atoms with Gasteiger partial charge >= 0.3 is 0 Å². The Kier molecular flexibility index (Phi) is 4.87. The Labute approximate surface area is 117 Å². The van der Waals surface area contributed by atoms with Crippen LogP contribution >= 0.6 is 0 Å². The van der Waals surface area contributed by atoms with Crippen LogP contribution in [0.2, 0.25) is 0 Å². The molecule has 0 fully saturated rings. The quantitative estimate of drug-likeness (QED) is 0.778. The maximum Gasteiger partial charge on any atom is 0.257 e. The third-order valence-electron chi connectivity index (χ3n) is 2.99. The molecule has 0 aliphatic heterocycles. The number of carbonyl (C=O) groups excluding carboxylic acids is 1. The van der Waals surface area contributed by atoms with E-state index >= 15 is 0 Å². The monoisotopic (exact) mass is 271 g/mol. The van der Waals surface area contributed by atoms with Gasteiger partial charge in [-0.25, -0.2) is 0 Å². The van der Waals surface area contributed by atoms with E-state index in [1.807, 2.05) is 18.2 Å². The summed E-state index contributed by atoms with van der Waals surface area (Å²) in [5.74, 6) is -0.467. The van der Waals surface area contributed by atoms with E-state index in [0.717, 1.165) is 5.56 Å². The van der Waals surface area contributed by atoms with Crippen molar-refractivity contribution >= 4 is 11.6 Å². The molecule has 0 heterocycles. The standard InChI is InChI=1S/C16H17NO3/c18-11-10-12-6-8-14(9-7-12)17-16(20)15(19)13-4-2-1-3-5-13/h1-9,15,18-19H,10-11H2,(H,17,20). The minimum Gasteiger partial charge on any atom is -0.396 e. The lowest BCUT2D eigenvalue weighted by Gasteiger charge is -2.12. The van der Waals surface area contributed by atoms with Gasteiger partial charge in [0.1, 0.15) is 0 Å². The van der Waals surface area contributed by atoms with Crippen molar-refractivity contribution in [3.63, 3.8) is 0 Å². The highest BCUT2D eigenvalue weighted by molar-refractivity contribution is 5.94. The van der Waals surface area contributed by atoms with Gasteiger partial charge in [0.15, 0.2) is 6.10 Å². The van der Waals surface area contributed by atoms with Gasteiger partial charge in [-0.05, 0) is 29.7 Å². The van der Waals surface area contributed by atoms with Crippen molar-refractivity contribution in [1.29, 1.82) is 0 Å². The number of hydrogen-bond acceptors (Lipinski definition) is 3. The average Bonchev–Trinajstić information content (AvgIpc) is 2.49. The molecule has 2 rings (SSSR count). The fourth-order valence-electron chi connectivity index (χ4n) is 1.88. The molecule has 0 aliphatic carbocycles. The molecular formula is C16H17NO3. The van der Waals surface area contributed by atoms with Gasteiger partial charge in [0.25, 0.3) is 5.91 Å². The first kappa shape index (κ1) is 14.2. The SMILES string of the molecule is O=C(Nc1ccc(CCO)cc1)C(O)c1ccccc1. The van der Waals surface area contributed by atoms with Gasteiger partial charge in [-0.3, -0.25) is 4.79 Å². The predicted octanol–water partition coefficient (Wildman–Crippen LogP) is 1.89. The van der Waals surface area contributed by atoms with Crippen molar-refractivity contribution in [2.45, 2.75) is 12.5 Å². The maximum atomic E-state index is 11.9. The Morgan fingerprint density at radius 1 is 1.05 bits per heavy atom.